The maximum Gasteiger partial charge on any atom is 0.153 e. The van der Waals surface area contributed by atoms with Crippen molar-refractivity contribution in [3.8, 4) is 40.0 Å². The number of furan rings is 1. The van der Waals surface area contributed by atoms with E-state index < -0.39 is 0 Å². The molecule has 0 unspecified atom stereocenters. The Balaban J connectivity index is 1.80. The monoisotopic (exact) mass is 371 g/mol. The van der Waals surface area contributed by atoms with E-state index in [1.807, 2.05) is 24.3 Å². The van der Waals surface area contributed by atoms with E-state index in [-0.39, 0.29) is 0 Å². The first-order valence-corrected chi connectivity index (χ1v) is 8.53. The predicted molar refractivity (Wildman–Crippen MR) is 104 cm³/mol. The lowest BCUT2D eigenvalue weighted by Gasteiger charge is -2.13. The molecule has 130 valence electrons. The van der Waals surface area contributed by atoms with Gasteiger partial charge in [-0.3, -0.25) is 9.97 Å². The van der Waals surface area contributed by atoms with Crippen molar-refractivity contribution < 1.29 is 9.15 Å². The summed E-state index contributed by atoms with van der Waals surface area (Å²) in [7, 11) is 0. The molecule has 27 heavy (non-hydrogen) atoms. The molecule has 0 saturated heterocycles. The second-order valence-electron chi connectivity index (χ2n) is 5.71. The van der Waals surface area contributed by atoms with Crippen LogP contribution in [0.2, 0.25) is 0 Å². The molecule has 0 N–H and O–H groups in total. The van der Waals surface area contributed by atoms with Gasteiger partial charge in [0.1, 0.15) is 11.8 Å². The van der Waals surface area contributed by atoms with E-state index >= 15 is 0 Å². The number of thiol groups is 1. The third kappa shape index (κ3) is 3.54. The van der Waals surface area contributed by atoms with Gasteiger partial charge in [0.15, 0.2) is 5.75 Å². The molecular formula is C21H13N3O2S. The van der Waals surface area contributed by atoms with E-state index in [0.717, 1.165) is 22.4 Å². The molecule has 0 fully saturated rings. The Labute approximate surface area is 161 Å². The predicted octanol–water partition coefficient (Wildman–Crippen LogP) is 5.36. The highest BCUT2D eigenvalue weighted by atomic mass is 32.1. The number of benzene rings is 1. The average Bonchev–Trinajstić information content (AvgIpc) is 3.25. The second-order valence-corrected chi connectivity index (χ2v) is 6.22. The van der Waals surface area contributed by atoms with Crippen LogP contribution in [0.3, 0.4) is 0 Å². The fourth-order valence-corrected chi connectivity index (χ4v) is 2.86. The van der Waals surface area contributed by atoms with Crippen LogP contribution < -0.4 is 4.74 Å². The van der Waals surface area contributed by atoms with Crippen LogP contribution in [0.4, 0.5) is 0 Å². The molecule has 4 rings (SSSR count). The lowest BCUT2D eigenvalue weighted by molar-refractivity contribution is 0.480. The summed E-state index contributed by atoms with van der Waals surface area (Å²) < 4.78 is 11.3. The largest absolute Gasteiger partial charge is 0.472 e. The summed E-state index contributed by atoms with van der Waals surface area (Å²) in [5, 5.41) is 9.37. The summed E-state index contributed by atoms with van der Waals surface area (Å²) in [5.41, 5.74) is 3.79. The maximum atomic E-state index is 9.37. The van der Waals surface area contributed by atoms with E-state index in [0.29, 0.717) is 22.0 Å². The Bertz CT molecular complexity index is 1120. The number of hydrogen-bond donors (Lipinski definition) is 1. The van der Waals surface area contributed by atoms with Crippen molar-refractivity contribution in [3.63, 3.8) is 0 Å². The molecule has 0 aliphatic carbocycles. The van der Waals surface area contributed by atoms with E-state index in [1.54, 1.807) is 49.3 Å². The highest BCUT2D eigenvalue weighted by Crippen LogP contribution is 2.36. The van der Waals surface area contributed by atoms with Gasteiger partial charge in [0.05, 0.1) is 30.0 Å². The second kappa shape index (κ2) is 7.36. The quantitative estimate of drug-likeness (QED) is 0.489. The van der Waals surface area contributed by atoms with Crippen LogP contribution >= 0.6 is 12.6 Å². The van der Waals surface area contributed by atoms with Gasteiger partial charge in [-0.15, -0.1) is 12.6 Å². The van der Waals surface area contributed by atoms with Crippen LogP contribution in [0.5, 0.6) is 11.5 Å². The minimum Gasteiger partial charge on any atom is -0.472 e. The summed E-state index contributed by atoms with van der Waals surface area (Å²) in [6, 6.07) is 14.8. The molecule has 4 aromatic rings. The highest BCUT2D eigenvalue weighted by Gasteiger charge is 2.14. The molecule has 0 spiro atoms. The fraction of sp³-hybridized carbons (Fsp3) is 0. The van der Waals surface area contributed by atoms with Crippen molar-refractivity contribution in [3.05, 3.63) is 79.1 Å². The SMILES string of the molecule is N#Cc1cc(S)ccc1Oc1cnc(-c2ccncc2)cc1-c1ccoc1. The van der Waals surface area contributed by atoms with E-state index in [1.165, 1.54) is 0 Å². The first-order chi connectivity index (χ1) is 13.2. The van der Waals surface area contributed by atoms with Crippen LogP contribution in [-0.4, -0.2) is 9.97 Å². The molecule has 0 amide bonds. The van der Waals surface area contributed by atoms with Crippen molar-refractivity contribution in [2.24, 2.45) is 0 Å². The molecule has 5 nitrogen and oxygen atoms in total. The number of nitriles is 1. The number of nitrogens with zero attached hydrogens (tertiary/aromatic N) is 3. The normalized spacial score (nSPS) is 10.4. The zero-order valence-electron chi connectivity index (χ0n) is 14.0. The van der Waals surface area contributed by atoms with Crippen LogP contribution in [0.25, 0.3) is 22.4 Å². The Morgan fingerprint density at radius 3 is 2.59 bits per heavy atom. The Morgan fingerprint density at radius 1 is 1.00 bits per heavy atom. The fourth-order valence-electron chi connectivity index (χ4n) is 2.66. The number of hydrogen-bond acceptors (Lipinski definition) is 6. The number of pyridine rings is 2. The van der Waals surface area contributed by atoms with Crippen LogP contribution in [-0.2, 0) is 0 Å². The Kier molecular flexibility index (Phi) is 4.60. The summed E-state index contributed by atoms with van der Waals surface area (Å²) >= 11 is 4.27. The lowest BCUT2D eigenvalue weighted by Crippen LogP contribution is -1.94. The zero-order valence-corrected chi connectivity index (χ0v) is 14.9. The Hall–Kier alpha value is -3.56. The summed E-state index contributed by atoms with van der Waals surface area (Å²) in [4.78, 5) is 9.24. The number of ether oxygens (including phenoxy) is 1. The maximum absolute atomic E-state index is 9.37. The van der Waals surface area contributed by atoms with Crippen LogP contribution in [0.15, 0.2) is 82.9 Å². The Morgan fingerprint density at radius 2 is 1.85 bits per heavy atom. The van der Waals surface area contributed by atoms with Crippen molar-refractivity contribution in [1.82, 2.24) is 9.97 Å². The van der Waals surface area contributed by atoms with Crippen molar-refractivity contribution in [2.45, 2.75) is 4.90 Å². The summed E-state index contributed by atoms with van der Waals surface area (Å²) in [5.74, 6) is 0.969. The van der Waals surface area contributed by atoms with Gasteiger partial charge in [-0.2, -0.15) is 5.26 Å². The molecule has 0 radical (unpaired) electrons. The van der Waals surface area contributed by atoms with Crippen LogP contribution in [0.1, 0.15) is 5.56 Å². The zero-order chi connectivity index (χ0) is 18.6. The third-order valence-corrected chi connectivity index (χ3v) is 4.26. The van der Waals surface area contributed by atoms with E-state index in [4.69, 9.17) is 9.15 Å². The van der Waals surface area contributed by atoms with Gasteiger partial charge in [0.2, 0.25) is 0 Å². The van der Waals surface area contributed by atoms with Gasteiger partial charge in [-0.05, 0) is 42.5 Å². The first-order valence-electron chi connectivity index (χ1n) is 8.08. The molecule has 0 atom stereocenters. The minimum atomic E-state index is 0.402. The topological polar surface area (TPSA) is 71.9 Å². The van der Waals surface area contributed by atoms with Crippen molar-refractivity contribution in [1.29, 1.82) is 5.26 Å². The van der Waals surface area contributed by atoms with Gasteiger partial charge >= 0.3 is 0 Å². The van der Waals surface area contributed by atoms with Gasteiger partial charge in [-0.25, -0.2) is 0 Å². The van der Waals surface area contributed by atoms with E-state index in [9.17, 15) is 5.26 Å². The van der Waals surface area contributed by atoms with Crippen molar-refractivity contribution >= 4 is 12.6 Å². The first kappa shape index (κ1) is 16.9. The lowest BCUT2D eigenvalue weighted by atomic mass is 10.1. The smallest absolute Gasteiger partial charge is 0.153 e. The number of rotatable bonds is 4. The molecule has 0 saturated carbocycles. The summed E-state index contributed by atoms with van der Waals surface area (Å²) in [6.45, 7) is 0. The van der Waals surface area contributed by atoms with Gasteiger partial charge in [-0.1, -0.05) is 0 Å². The van der Waals surface area contributed by atoms with Gasteiger partial charge < -0.3 is 9.15 Å². The minimum absolute atomic E-state index is 0.402. The highest BCUT2D eigenvalue weighted by molar-refractivity contribution is 7.80. The summed E-state index contributed by atoms with van der Waals surface area (Å²) in [6.07, 6.45) is 8.32. The molecule has 6 heteroatoms. The van der Waals surface area contributed by atoms with Gasteiger partial charge in [0.25, 0.3) is 0 Å². The standard InChI is InChI=1S/C21H13N3O2S/c22-11-16-9-17(27)1-2-20(16)26-21-12-24-19(14-3-6-23-7-4-14)10-18(21)15-5-8-25-13-15/h1-10,12-13,27H. The molecule has 0 bridgehead atoms. The number of aromatic nitrogens is 2. The van der Waals surface area contributed by atoms with Gasteiger partial charge in [0, 0.05) is 34.0 Å². The van der Waals surface area contributed by atoms with Crippen LogP contribution in [0, 0.1) is 11.3 Å². The molecule has 3 heterocycles. The molecule has 3 aromatic heterocycles. The third-order valence-electron chi connectivity index (χ3n) is 3.98. The molecule has 1 aromatic carbocycles. The average molecular weight is 371 g/mol. The molecule has 0 aliphatic heterocycles. The molecular weight excluding hydrogens is 358 g/mol. The van der Waals surface area contributed by atoms with Crippen molar-refractivity contribution in [2.75, 3.05) is 0 Å². The van der Waals surface area contributed by atoms with E-state index in [2.05, 4.69) is 28.7 Å². The molecule has 0 aliphatic rings.